The molecule has 1 aromatic carbocycles. The van der Waals surface area contributed by atoms with Crippen molar-refractivity contribution in [3.05, 3.63) is 23.8 Å². The number of rotatable bonds is 4. The minimum absolute atomic E-state index is 0.0626. The Morgan fingerprint density at radius 2 is 2.13 bits per heavy atom. The Labute approximate surface area is 135 Å². The molecular formula is C15H20N2O5S. The summed E-state index contributed by atoms with van der Waals surface area (Å²) in [4.78, 5) is 14.4. The van der Waals surface area contributed by atoms with Crippen LogP contribution < -0.4 is 14.2 Å². The number of benzene rings is 1. The van der Waals surface area contributed by atoms with Gasteiger partial charge in [0, 0.05) is 25.2 Å². The van der Waals surface area contributed by atoms with Crippen molar-refractivity contribution in [3.8, 4) is 11.5 Å². The lowest BCUT2D eigenvalue weighted by atomic mass is 9.97. The van der Waals surface area contributed by atoms with Crippen molar-refractivity contribution >= 4 is 15.9 Å². The number of amides is 1. The van der Waals surface area contributed by atoms with Crippen LogP contribution in [0.15, 0.2) is 18.2 Å². The first kappa shape index (κ1) is 16.1. The number of likely N-dealkylation sites (tertiary alicyclic amines) is 1. The van der Waals surface area contributed by atoms with Crippen LogP contribution in [0, 0.1) is 5.92 Å². The van der Waals surface area contributed by atoms with Crippen LogP contribution in [0.3, 0.4) is 0 Å². The van der Waals surface area contributed by atoms with Crippen LogP contribution in [-0.4, -0.2) is 51.9 Å². The molecule has 3 rings (SSSR count). The molecule has 0 radical (unpaired) electrons. The average molecular weight is 340 g/mol. The van der Waals surface area contributed by atoms with Gasteiger partial charge in [-0.1, -0.05) is 0 Å². The number of hydrogen-bond acceptors (Lipinski definition) is 5. The van der Waals surface area contributed by atoms with E-state index in [1.807, 2.05) is 0 Å². The molecule has 1 saturated heterocycles. The summed E-state index contributed by atoms with van der Waals surface area (Å²) >= 11 is 0. The lowest BCUT2D eigenvalue weighted by Gasteiger charge is -2.32. The summed E-state index contributed by atoms with van der Waals surface area (Å²) in [6.45, 7) is 1.78. The minimum atomic E-state index is -3.20. The monoisotopic (exact) mass is 340 g/mol. The summed E-state index contributed by atoms with van der Waals surface area (Å²) in [6, 6.07) is 5.17. The Morgan fingerprint density at radius 3 is 2.91 bits per heavy atom. The number of ether oxygens (including phenoxy) is 2. The maximum absolute atomic E-state index is 12.6. The standard InChI is InChI=1S/C15H20N2O5S/c1-23(19,20)16-8-11-3-2-6-17(9-11)15(18)12-4-5-13-14(7-12)22-10-21-13/h4-5,7,11,16H,2-3,6,8-10H2,1H3/t11-/m1/s1. The summed E-state index contributed by atoms with van der Waals surface area (Å²) in [5, 5.41) is 0. The zero-order valence-corrected chi connectivity index (χ0v) is 13.8. The summed E-state index contributed by atoms with van der Waals surface area (Å²) in [5.41, 5.74) is 0.561. The number of hydrogen-bond donors (Lipinski definition) is 1. The van der Waals surface area contributed by atoms with Crippen molar-refractivity contribution in [1.29, 1.82) is 0 Å². The van der Waals surface area contributed by atoms with Crippen molar-refractivity contribution in [1.82, 2.24) is 9.62 Å². The average Bonchev–Trinajstić information content (AvgIpc) is 2.99. The van der Waals surface area contributed by atoms with E-state index in [1.54, 1.807) is 23.1 Å². The normalized spacial score (nSPS) is 20.6. The Kier molecular flexibility index (Phi) is 4.45. The highest BCUT2D eigenvalue weighted by Gasteiger charge is 2.26. The van der Waals surface area contributed by atoms with Crippen LogP contribution in [0.25, 0.3) is 0 Å². The first-order valence-corrected chi connectivity index (χ1v) is 9.45. The van der Waals surface area contributed by atoms with Gasteiger partial charge in [0.2, 0.25) is 16.8 Å². The first-order valence-electron chi connectivity index (χ1n) is 7.56. The van der Waals surface area contributed by atoms with Crippen molar-refractivity contribution in [2.24, 2.45) is 5.92 Å². The Balaban J connectivity index is 1.65. The van der Waals surface area contributed by atoms with Crippen LogP contribution >= 0.6 is 0 Å². The van der Waals surface area contributed by atoms with Crippen LogP contribution in [0.4, 0.5) is 0 Å². The molecule has 0 spiro atoms. The largest absolute Gasteiger partial charge is 0.454 e. The molecule has 8 heteroatoms. The van der Waals surface area contributed by atoms with E-state index in [-0.39, 0.29) is 18.6 Å². The molecular weight excluding hydrogens is 320 g/mol. The van der Waals surface area contributed by atoms with Crippen molar-refractivity contribution < 1.29 is 22.7 Å². The number of piperidine rings is 1. The predicted molar refractivity (Wildman–Crippen MR) is 84.0 cm³/mol. The molecule has 0 saturated carbocycles. The molecule has 0 unspecified atom stereocenters. The fourth-order valence-corrected chi connectivity index (χ4v) is 3.44. The molecule has 2 heterocycles. The van der Waals surface area contributed by atoms with E-state index in [0.717, 1.165) is 19.1 Å². The molecule has 7 nitrogen and oxygen atoms in total. The molecule has 1 aromatic rings. The second kappa shape index (κ2) is 6.37. The molecule has 2 aliphatic rings. The summed E-state index contributed by atoms with van der Waals surface area (Å²) in [6.07, 6.45) is 2.92. The van der Waals surface area contributed by atoms with Crippen LogP contribution in [-0.2, 0) is 10.0 Å². The van der Waals surface area contributed by atoms with Gasteiger partial charge in [0.1, 0.15) is 0 Å². The lowest BCUT2D eigenvalue weighted by Crippen LogP contribution is -2.43. The van der Waals surface area contributed by atoms with Crippen molar-refractivity contribution in [3.63, 3.8) is 0 Å². The second-order valence-electron chi connectivity index (χ2n) is 5.95. The molecule has 1 fully saturated rings. The molecule has 23 heavy (non-hydrogen) atoms. The van der Waals surface area contributed by atoms with Gasteiger partial charge >= 0.3 is 0 Å². The second-order valence-corrected chi connectivity index (χ2v) is 7.78. The number of sulfonamides is 1. The third-order valence-electron chi connectivity index (χ3n) is 4.06. The molecule has 2 aliphatic heterocycles. The zero-order valence-electron chi connectivity index (χ0n) is 12.9. The van der Waals surface area contributed by atoms with Gasteiger partial charge in [-0.2, -0.15) is 0 Å². The highest BCUT2D eigenvalue weighted by Crippen LogP contribution is 2.33. The third-order valence-corrected chi connectivity index (χ3v) is 4.75. The molecule has 0 aliphatic carbocycles. The molecule has 0 aromatic heterocycles. The highest BCUT2D eigenvalue weighted by atomic mass is 32.2. The fraction of sp³-hybridized carbons (Fsp3) is 0.533. The van der Waals surface area contributed by atoms with E-state index in [0.29, 0.717) is 36.7 Å². The molecule has 1 atom stereocenters. The molecule has 126 valence electrons. The fourth-order valence-electron chi connectivity index (χ4n) is 2.90. The van der Waals surface area contributed by atoms with E-state index in [4.69, 9.17) is 9.47 Å². The number of nitrogens with zero attached hydrogens (tertiary/aromatic N) is 1. The summed E-state index contributed by atoms with van der Waals surface area (Å²) in [7, 11) is -3.20. The van der Waals surface area contributed by atoms with Gasteiger partial charge in [0.05, 0.1) is 6.26 Å². The van der Waals surface area contributed by atoms with Gasteiger partial charge in [0.15, 0.2) is 11.5 Å². The SMILES string of the molecule is CS(=O)(=O)NC[C@H]1CCCN(C(=O)c2ccc3c(c2)OCO3)C1. The molecule has 1 N–H and O–H groups in total. The van der Waals surface area contributed by atoms with E-state index < -0.39 is 10.0 Å². The summed E-state index contributed by atoms with van der Waals surface area (Å²) in [5.74, 6) is 1.31. The van der Waals surface area contributed by atoms with Gasteiger partial charge in [0.25, 0.3) is 5.91 Å². The smallest absolute Gasteiger partial charge is 0.254 e. The number of nitrogens with one attached hydrogen (secondary N) is 1. The zero-order chi connectivity index (χ0) is 16.4. The van der Waals surface area contributed by atoms with E-state index in [2.05, 4.69) is 4.72 Å². The minimum Gasteiger partial charge on any atom is -0.454 e. The Hall–Kier alpha value is -1.80. The van der Waals surface area contributed by atoms with Gasteiger partial charge in [-0.3, -0.25) is 4.79 Å². The predicted octanol–water partition coefficient (Wildman–Crippen LogP) is 0.817. The molecule has 1 amide bonds. The number of fused-ring (bicyclic) bond motifs is 1. The van der Waals surface area contributed by atoms with Crippen LogP contribution in [0.2, 0.25) is 0 Å². The quantitative estimate of drug-likeness (QED) is 0.877. The van der Waals surface area contributed by atoms with E-state index in [1.165, 1.54) is 0 Å². The Morgan fingerprint density at radius 1 is 1.35 bits per heavy atom. The van der Waals surface area contributed by atoms with Gasteiger partial charge in [-0.05, 0) is 37.0 Å². The van der Waals surface area contributed by atoms with E-state index >= 15 is 0 Å². The highest BCUT2D eigenvalue weighted by molar-refractivity contribution is 7.88. The molecule has 0 bridgehead atoms. The number of carbonyl (C=O) groups excluding carboxylic acids is 1. The van der Waals surface area contributed by atoms with Crippen LogP contribution in [0.1, 0.15) is 23.2 Å². The summed E-state index contributed by atoms with van der Waals surface area (Å²) < 4.78 is 35.5. The van der Waals surface area contributed by atoms with Crippen LogP contribution in [0.5, 0.6) is 11.5 Å². The Bertz CT molecular complexity index is 704. The number of carbonyl (C=O) groups is 1. The van der Waals surface area contributed by atoms with Crippen molar-refractivity contribution in [2.45, 2.75) is 12.8 Å². The third kappa shape index (κ3) is 3.94. The van der Waals surface area contributed by atoms with Gasteiger partial charge in [-0.25, -0.2) is 13.1 Å². The lowest BCUT2D eigenvalue weighted by molar-refractivity contribution is 0.0676. The maximum atomic E-state index is 12.6. The maximum Gasteiger partial charge on any atom is 0.254 e. The first-order chi connectivity index (χ1) is 10.9. The van der Waals surface area contributed by atoms with E-state index in [9.17, 15) is 13.2 Å². The van der Waals surface area contributed by atoms with Gasteiger partial charge in [-0.15, -0.1) is 0 Å². The van der Waals surface area contributed by atoms with Crippen molar-refractivity contribution in [2.75, 3.05) is 32.7 Å². The topological polar surface area (TPSA) is 84.9 Å². The van der Waals surface area contributed by atoms with Gasteiger partial charge < -0.3 is 14.4 Å².